The molecule has 1 N–H and O–H groups in total. The van der Waals surface area contributed by atoms with E-state index in [4.69, 9.17) is 9.47 Å². The van der Waals surface area contributed by atoms with E-state index in [2.05, 4.69) is 78.1 Å². The van der Waals surface area contributed by atoms with E-state index < -0.39 is 5.54 Å². The lowest BCUT2D eigenvalue weighted by molar-refractivity contribution is -0.143. The Labute approximate surface area is 204 Å². The number of ether oxygens (including phenoxy) is 2. The zero-order chi connectivity index (χ0) is 24.1. The SMILES string of the molecule is CCOC(=O)CCCCCCCNC(c1ccccc1)(c1ccccc1)c1ccc(OC)cc1. The van der Waals surface area contributed by atoms with Crippen LogP contribution in [0, 0.1) is 0 Å². The predicted octanol–water partition coefficient (Wildman–Crippen LogP) is 6.48. The first kappa shape index (κ1) is 25.5. The Morgan fingerprint density at radius 1 is 0.735 bits per heavy atom. The van der Waals surface area contributed by atoms with Crippen molar-refractivity contribution in [2.24, 2.45) is 0 Å². The Kier molecular flexibility index (Phi) is 10.2. The molecule has 0 amide bonds. The van der Waals surface area contributed by atoms with Crippen LogP contribution in [0.1, 0.15) is 62.1 Å². The second-order valence-electron chi connectivity index (χ2n) is 8.46. The van der Waals surface area contributed by atoms with Crippen LogP contribution in [0.25, 0.3) is 0 Å². The molecule has 4 nitrogen and oxygen atoms in total. The maximum absolute atomic E-state index is 11.5. The minimum Gasteiger partial charge on any atom is -0.497 e. The van der Waals surface area contributed by atoms with Crippen molar-refractivity contribution >= 4 is 5.97 Å². The molecule has 0 spiro atoms. The van der Waals surface area contributed by atoms with Gasteiger partial charge in [-0.25, -0.2) is 0 Å². The predicted molar refractivity (Wildman–Crippen MR) is 138 cm³/mol. The zero-order valence-corrected chi connectivity index (χ0v) is 20.5. The van der Waals surface area contributed by atoms with E-state index in [0.29, 0.717) is 13.0 Å². The van der Waals surface area contributed by atoms with Crippen LogP contribution in [0.4, 0.5) is 0 Å². The Bertz CT molecular complexity index is 931. The third-order valence-electron chi connectivity index (χ3n) is 6.19. The maximum Gasteiger partial charge on any atom is 0.305 e. The van der Waals surface area contributed by atoms with E-state index in [1.807, 2.05) is 19.1 Å². The van der Waals surface area contributed by atoms with E-state index >= 15 is 0 Å². The minimum atomic E-state index is -0.460. The molecule has 0 unspecified atom stereocenters. The first-order valence-corrected chi connectivity index (χ1v) is 12.4. The van der Waals surface area contributed by atoms with Crippen molar-refractivity contribution in [1.82, 2.24) is 5.32 Å². The van der Waals surface area contributed by atoms with Crippen LogP contribution in [-0.2, 0) is 15.1 Å². The van der Waals surface area contributed by atoms with Crippen molar-refractivity contribution in [3.63, 3.8) is 0 Å². The van der Waals surface area contributed by atoms with E-state index in [1.54, 1.807) is 7.11 Å². The van der Waals surface area contributed by atoms with Gasteiger partial charge in [-0.1, -0.05) is 92.1 Å². The van der Waals surface area contributed by atoms with Gasteiger partial charge in [-0.3, -0.25) is 10.1 Å². The molecule has 0 bridgehead atoms. The van der Waals surface area contributed by atoms with Crippen molar-refractivity contribution < 1.29 is 14.3 Å². The lowest BCUT2D eigenvalue weighted by Crippen LogP contribution is -2.45. The molecule has 0 aliphatic carbocycles. The van der Waals surface area contributed by atoms with Crippen LogP contribution in [0.15, 0.2) is 84.9 Å². The lowest BCUT2D eigenvalue weighted by atomic mass is 9.77. The molecule has 0 heterocycles. The number of rotatable bonds is 14. The first-order valence-electron chi connectivity index (χ1n) is 12.4. The summed E-state index contributed by atoms with van der Waals surface area (Å²) in [5.74, 6) is 0.765. The lowest BCUT2D eigenvalue weighted by Gasteiger charge is -2.37. The van der Waals surface area contributed by atoms with Gasteiger partial charge in [-0.2, -0.15) is 0 Å². The number of nitrogens with one attached hydrogen (secondary N) is 1. The topological polar surface area (TPSA) is 47.6 Å². The Morgan fingerprint density at radius 2 is 1.26 bits per heavy atom. The molecule has 4 heteroatoms. The number of methoxy groups -OCH3 is 1. The normalized spacial score (nSPS) is 11.2. The average molecular weight is 460 g/mol. The summed E-state index contributed by atoms with van der Waals surface area (Å²) < 4.78 is 10.4. The minimum absolute atomic E-state index is 0.0841. The molecule has 3 rings (SSSR count). The average Bonchev–Trinajstić information content (AvgIpc) is 2.89. The highest BCUT2D eigenvalue weighted by Crippen LogP contribution is 2.37. The number of benzene rings is 3. The van der Waals surface area contributed by atoms with E-state index in [1.165, 1.54) is 16.7 Å². The largest absolute Gasteiger partial charge is 0.497 e. The van der Waals surface area contributed by atoms with E-state index in [9.17, 15) is 4.79 Å². The molecule has 0 radical (unpaired) electrons. The van der Waals surface area contributed by atoms with Gasteiger partial charge < -0.3 is 9.47 Å². The molecule has 0 aliphatic heterocycles. The highest BCUT2D eigenvalue weighted by atomic mass is 16.5. The fraction of sp³-hybridized carbons (Fsp3) is 0.367. The van der Waals surface area contributed by atoms with Crippen LogP contribution in [0.2, 0.25) is 0 Å². The molecule has 0 saturated carbocycles. The number of hydrogen-bond acceptors (Lipinski definition) is 4. The summed E-state index contributed by atoms with van der Waals surface area (Å²) in [5.41, 5.74) is 3.14. The molecule has 180 valence electrons. The quantitative estimate of drug-likeness (QED) is 0.170. The Morgan fingerprint density at radius 3 is 1.82 bits per heavy atom. The third-order valence-corrected chi connectivity index (χ3v) is 6.19. The molecular formula is C30H37NO3. The molecule has 0 aliphatic rings. The van der Waals surface area contributed by atoms with Gasteiger partial charge in [0.05, 0.1) is 19.3 Å². The van der Waals surface area contributed by atoms with Crippen molar-refractivity contribution in [2.45, 2.75) is 51.0 Å². The summed E-state index contributed by atoms with van der Waals surface area (Å²) in [6.45, 7) is 3.19. The number of hydrogen-bond donors (Lipinski definition) is 1. The third kappa shape index (κ3) is 6.71. The summed E-state index contributed by atoms with van der Waals surface area (Å²) in [4.78, 5) is 11.5. The summed E-state index contributed by atoms with van der Waals surface area (Å²) >= 11 is 0. The fourth-order valence-corrected chi connectivity index (χ4v) is 4.46. The van der Waals surface area contributed by atoms with Crippen molar-refractivity contribution in [1.29, 1.82) is 0 Å². The molecule has 0 aromatic heterocycles. The summed E-state index contributed by atoms with van der Waals surface area (Å²) in [7, 11) is 1.70. The summed E-state index contributed by atoms with van der Waals surface area (Å²) in [6, 6.07) is 29.7. The van der Waals surface area contributed by atoms with Crippen LogP contribution in [0.5, 0.6) is 5.75 Å². The van der Waals surface area contributed by atoms with Crippen molar-refractivity contribution in [3.8, 4) is 5.75 Å². The summed E-state index contributed by atoms with van der Waals surface area (Å²) in [5, 5.41) is 3.93. The molecule has 0 fully saturated rings. The monoisotopic (exact) mass is 459 g/mol. The van der Waals surface area contributed by atoms with Crippen molar-refractivity contribution in [3.05, 3.63) is 102 Å². The Hall–Kier alpha value is -3.11. The van der Waals surface area contributed by atoms with Gasteiger partial charge in [0, 0.05) is 6.42 Å². The number of carbonyl (C=O) groups is 1. The number of esters is 1. The standard InChI is InChI=1S/C30H37NO3/c1-3-34-29(32)19-13-5-4-6-14-24-31-30(25-15-9-7-10-16-25,26-17-11-8-12-18-26)27-20-22-28(33-2)23-21-27/h7-12,15-18,20-23,31H,3-6,13-14,19,24H2,1-2H3. The first-order chi connectivity index (χ1) is 16.7. The smallest absolute Gasteiger partial charge is 0.305 e. The highest BCUT2D eigenvalue weighted by molar-refractivity contribution is 5.69. The van der Waals surface area contributed by atoms with Crippen LogP contribution >= 0.6 is 0 Å². The second kappa shape index (κ2) is 13.6. The van der Waals surface area contributed by atoms with Crippen LogP contribution < -0.4 is 10.1 Å². The zero-order valence-electron chi connectivity index (χ0n) is 20.5. The molecule has 34 heavy (non-hydrogen) atoms. The van der Waals surface area contributed by atoms with Gasteiger partial charge >= 0.3 is 5.97 Å². The number of unbranched alkanes of at least 4 members (excludes halogenated alkanes) is 4. The van der Waals surface area contributed by atoms with E-state index in [0.717, 1.165) is 44.4 Å². The molecule has 0 saturated heterocycles. The molecular weight excluding hydrogens is 422 g/mol. The van der Waals surface area contributed by atoms with Gasteiger partial charge in [-0.05, 0) is 55.1 Å². The van der Waals surface area contributed by atoms with Gasteiger partial charge in [0.15, 0.2) is 0 Å². The fourth-order valence-electron chi connectivity index (χ4n) is 4.46. The maximum atomic E-state index is 11.5. The number of carbonyl (C=O) groups excluding carboxylic acids is 1. The van der Waals surface area contributed by atoms with Gasteiger partial charge in [0.1, 0.15) is 5.75 Å². The van der Waals surface area contributed by atoms with Gasteiger partial charge in [-0.15, -0.1) is 0 Å². The van der Waals surface area contributed by atoms with Gasteiger partial charge in [0.25, 0.3) is 0 Å². The molecule has 3 aromatic carbocycles. The molecule has 0 atom stereocenters. The van der Waals surface area contributed by atoms with Crippen LogP contribution in [0.3, 0.4) is 0 Å². The second-order valence-corrected chi connectivity index (χ2v) is 8.46. The van der Waals surface area contributed by atoms with Crippen molar-refractivity contribution in [2.75, 3.05) is 20.3 Å². The van der Waals surface area contributed by atoms with Gasteiger partial charge in [0.2, 0.25) is 0 Å². The molecule has 3 aromatic rings. The van der Waals surface area contributed by atoms with Crippen LogP contribution in [-0.4, -0.2) is 26.2 Å². The summed E-state index contributed by atoms with van der Waals surface area (Å²) in [6.07, 6.45) is 5.78. The van der Waals surface area contributed by atoms with E-state index in [-0.39, 0.29) is 5.97 Å². The highest BCUT2D eigenvalue weighted by Gasteiger charge is 2.35. The Balaban J connectivity index is 1.74.